The summed E-state index contributed by atoms with van der Waals surface area (Å²) in [7, 11) is 1.84. The van der Waals surface area contributed by atoms with Crippen LogP contribution in [-0.2, 0) is 4.79 Å². The van der Waals surface area contributed by atoms with E-state index < -0.39 is 0 Å². The molecular formula is C13H18BrNO. The standard InChI is InChI=1S/C11H12BrNO.C2H6/c1-3-8(7-14)10-6-9(12)4-5-11(10)13-2;1-2/h3-7,13H,1-2H3;1-2H3/b8-3+;. The Morgan fingerprint density at radius 2 is 2.00 bits per heavy atom. The van der Waals surface area contributed by atoms with Gasteiger partial charge in [-0.15, -0.1) is 0 Å². The molecule has 0 saturated carbocycles. The van der Waals surface area contributed by atoms with E-state index in [-0.39, 0.29) is 0 Å². The SMILES string of the molecule is C/C=C(\C=O)c1cc(Br)ccc1NC.CC. The molecule has 0 saturated heterocycles. The van der Waals surface area contributed by atoms with Crippen molar-refractivity contribution in [1.82, 2.24) is 0 Å². The first-order chi connectivity index (χ1) is 7.72. The fourth-order valence-corrected chi connectivity index (χ4v) is 1.62. The van der Waals surface area contributed by atoms with Crippen LogP contribution in [0.1, 0.15) is 26.3 Å². The predicted octanol–water partition coefficient (Wildman–Crippen LogP) is 4.12. The van der Waals surface area contributed by atoms with Gasteiger partial charge in [-0.25, -0.2) is 0 Å². The molecule has 1 rings (SSSR count). The van der Waals surface area contributed by atoms with E-state index in [4.69, 9.17) is 0 Å². The molecule has 3 heteroatoms. The summed E-state index contributed by atoms with van der Waals surface area (Å²) in [6, 6.07) is 5.80. The number of rotatable bonds is 3. The third kappa shape index (κ3) is 3.81. The molecule has 88 valence electrons. The number of hydrogen-bond acceptors (Lipinski definition) is 2. The molecule has 0 atom stereocenters. The Balaban J connectivity index is 0.00000106. The summed E-state index contributed by atoms with van der Waals surface area (Å²) in [6.07, 6.45) is 2.66. The fourth-order valence-electron chi connectivity index (χ4n) is 1.26. The van der Waals surface area contributed by atoms with Crippen molar-refractivity contribution in [3.63, 3.8) is 0 Å². The molecule has 0 amide bonds. The van der Waals surface area contributed by atoms with Gasteiger partial charge in [0.25, 0.3) is 0 Å². The van der Waals surface area contributed by atoms with E-state index in [0.717, 1.165) is 22.0 Å². The van der Waals surface area contributed by atoms with Gasteiger partial charge >= 0.3 is 0 Å². The number of anilines is 1. The second kappa shape index (κ2) is 8.11. The highest BCUT2D eigenvalue weighted by Gasteiger charge is 2.05. The summed E-state index contributed by atoms with van der Waals surface area (Å²) < 4.78 is 0.965. The number of halogens is 1. The van der Waals surface area contributed by atoms with Gasteiger partial charge in [0.2, 0.25) is 0 Å². The van der Waals surface area contributed by atoms with Gasteiger partial charge in [-0.2, -0.15) is 0 Å². The number of hydrogen-bond donors (Lipinski definition) is 1. The highest BCUT2D eigenvalue weighted by atomic mass is 79.9. The van der Waals surface area contributed by atoms with E-state index in [1.54, 1.807) is 6.08 Å². The van der Waals surface area contributed by atoms with Crippen molar-refractivity contribution >= 4 is 33.5 Å². The van der Waals surface area contributed by atoms with Crippen LogP contribution in [-0.4, -0.2) is 13.3 Å². The number of aldehydes is 1. The number of carbonyl (C=O) groups is 1. The van der Waals surface area contributed by atoms with Gasteiger partial charge in [-0.05, 0) is 25.1 Å². The lowest BCUT2D eigenvalue weighted by molar-refractivity contribution is -0.103. The predicted molar refractivity (Wildman–Crippen MR) is 74.8 cm³/mol. The summed E-state index contributed by atoms with van der Waals surface area (Å²) in [6.45, 7) is 5.85. The van der Waals surface area contributed by atoms with Crippen molar-refractivity contribution in [3.05, 3.63) is 34.3 Å². The van der Waals surface area contributed by atoms with Crippen LogP contribution in [0.4, 0.5) is 5.69 Å². The van der Waals surface area contributed by atoms with E-state index in [2.05, 4.69) is 21.2 Å². The maximum Gasteiger partial charge on any atom is 0.150 e. The maximum atomic E-state index is 10.8. The van der Waals surface area contributed by atoms with Crippen molar-refractivity contribution in [2.75, 3.05) is 12.4 Å². The molecule has 2 nitrogen and oxygen atoms in total. The molecule has 1 aromatic carbocycles. The second-order valence-corrected chi connectivity index (χ2v) is 3.72. The average molecular weight is 284 g/mol. The zero-order valence-electron chi connectivity index (χ0n) is 10.2. The van der Waals surface area contributed by atoms with Crippen molar-refractivity contribution in [2.45, 2.75) is 20.8 Å². The molecule has 0 aromatic heterocycles. The minimum Gasteiger partial charge on any atom is -0.388 e. The molecule has 0 aliphatic heterocycles. The van der Waals surface area contributed by atoms with Gasteiger partial charge in [-0.3, -0.25) is 4.79 Å². The molecule has 0 radical (unpaired) electrons. The molecule has 0 heterocycles. The third-order valence-corrected chi connectivity index (χ3v) is 2.49. The molecule has 0 fully saturated rings. The molecule has 1 N–H and O–H groups in total. The van der Waals surface area contributed by atoms with Gasteiger partial charge in [0.1, 0.15) is 6.29 Å². The molecule has 16 heavy (non-hydrogen) atoms. The number of benzene rings is 1. The van der Waals surface area contributed by atoms with Crippen molar-refractivity contribution in [1.29, 1.82) is 0 Å². The van der Waals surface area contributed by atoms with Crippen LogP contribution < -0.4 is 5.32 Å². The Morgan fingerprint density at radius 3 is 2.44 bits per heavy atom. The zero-order chi connectivity index (χ0) is 12.6. The van der Waals surface area contributed by atoms with Crippen LogP contribution in [0.2, 0.25) is 0 Å². The van der Waals surface area contributed by atoms with E-state index in [1.807, 2.05) is 46.0 Å². The topological polar surface area (TPSA) is 29.1 Å². The average Bonchev–Trinajstić information content (AvgIpc) is 2.34. The first-order valence-corrected chi connectivity index (χ1v) is 6.11. The maximum absolute atomic E-state index is 10.8. The van der Waals surface area contributed by atoms with E-state index in [9.17, 15) is 4.79 Å². The van der Waals surface area contributed by atoms with Crippen LogP contribution in [0.3, 0.4) is 0 Å². The van der Waals surface area contributed by atoms with Gasteiger partial charge in [-0.1, -0.05) is 35.9 Å². The number of nitrogens with one attached hydrogen (secondary N) is 1. The molecule has 0 unspecified atom stereocenters. The van der Waals surface area contributed by atoms with Gasteiger partial charge < -0.3 is 5.32 Å². The molecule has 0 bridgehead atoms. The minimum atomic E-state index is 0.690. The largest absolute Gasteiger partial charge is 0.388 e. The molecule has 1 aromatic rings. The normalized spacial score (nSPS) is 10.2. The molecule has 0 aliphatic rings. The molecule has 0 aliphatic carbocycles. The Hall–Kier alpha value is -1.09. The smallest absolute Gasteiger partial charge is 0.150 e. The van der Waals surface area contributed by atoms with E-state index in [1.165, 1.54) is 0 Å². The summed E-state index contributed by atoms with van der Waals surface area (Å²) in [5, 5.41) is 3.05. The quantitative estimate of drug-likeness (QED) is 0.668. The Bertz CT molecular complexity index is 372. The first kappa shape index (κ1) is 14.9. The van der Waals surface area contributed by atoms with E-state index in [0.29, 0.717) is 5.57 Å². The Kier molecular flexibility index (Phi) is 7.56. The molecule has 0 spiro atoms. The molecular weight excluding hydrogens is 266 g/mol. The van der Waals surface area contributed by atoms with Crippen LogP contribution in [0, 0.1) is 0 Å². The van der Waals surface area contributed by atoms with Crippen LogP contribution in [0.25, 0.3) is 5.57 Å². The Morgan fingerprint density at radius 1 is 1.38 bits per heavy atom. The third-order valence-electron chi connectivity index (χ3n) is 2.00. The number of allylic oxidation sites excluding steroid dienone is 2. The minimum absolute atomic E-state index is 0.690. The monoisotopic (exact) mass is 283 g/mol. The lowest BCUT2D eigenvalue weighted by Crippen LogP contribution is -1.95. The van der Waals surface area contributed by atoms with Crippen LogP contribution in [0.15, 0.2) is 28.7 Å². The number of carbonyl (C=O) groups excluding carboxylic acids is 1. The van der Waals surface area contributed by atoms with Gasteiger partial charge in [0.05, 0.1) is 0 Å². The summed E-state index contributed by atoms with van der Waals surface area (Å²) in [5.74, 6) is 0. The highest BCUT2D eigenvalue weighted by molar-refractivity contribution is 9.10. The van der Waals surface area contributed by atoms with Gasteiger partial charge in [0.15, 0.2) is 0 Å². The van der Waals surface area contributed by atoms with Crippen LogP contribution in [0.5, 0.6) is 0 Å². The lowest BCUT2D eigenvalue weighted by Gasteiger charge is -2.08. The van der Waals surface area contributed by atoms with Crippen molar-refractivity contribution < 1.29 is 4.79 Å². The fraction of sp³-hybridized carbons (Fsp3) is 0.308. The summed E-state index contributed by atoms with van der Waals surface area (Å²) in [5.41, 5.74) is 2.56. The Labute approximate surface area is 106 Å². The summed E-state index contributed by atoms with van der Waals surface area (Å²) >= 11 is 3.38. The lowest BCUT2D eigenvalue weighted by atomic mass is 10.1. The van der Waals surface area contributed by atoms with Gasteiger partial charge in [0, 0.05) is 28.3 Å². The van der Waals surface area contributed by atoms with Crippen molar-refractivity contribution in [3.8, 4) is 0 Å². The van der Waals surface area contributed by atoms with Crippen LogP contribution >= 0.6 is 15.9 Å². The summed E-state index contributed by atoms with van der Waals surface area (Å²) in [4.78, 5) is 10.8. The zero-order valence-corrected chi connectivity index (χ0v) is 11.8. The first-order valence-electron chi connectivity index (χ1n) is 5.32. The highest BCUT2D eigenvalue weighted by Crippen LogP contribution is 2.26. The van der Waals surface area contributed by atoms with Crippen molar-refractivity contribution in [2.24, 2.45) is 0 Å². The van der Waals surface area contributed by atoms with E-state index >= 15 is 0 Å². The second-order valence-electron chi connectivity index (χ2n) is 2.80.